The van der Waals surface area contributed by atoms with Crippen LogP contribution in [0.3, 0.4) is 0 Å². The Morgan fingerprint density at radius 1 is 1.50 bits per heavy atom. The number of carbonyl (C=O) groups excluding carboxylic acids is 1. The molecule has 6 heteroatoms. The number of benzene rings is 1. The van der Waals surface area contributed by atoms with Gasteiger partial charge in [0.25, 0.3) is 0 Å². The number of urea groups is 1. The first-order valence-electron chi connectivity index (χ1n) is 4.60. The van der Waals surface area contributed by atoms with Crippen LogP contribution in [0.25, 0.3) is 0 Å². The fraction of sp³-hybridized carbons (Fsp3) is 0.200. The molecule has 0 spiro atoms. The molecule has 2 amide bonds. The molecule has 86 valence electrons. The van der Waals surface area contributed by atoms with Gasteiger partial charge < -0.3 is 11.1 Å². The maximum absolute atomic E-state index is 11.5. The summed E-state index contributed by atoms with van der Waals surface area (Å²) in [7, 11) is 1.50. The summed E-state index contributed by atoms with van der Waals surface area (Å²) in [6.45, 7) is 1.90. The molecule has 4 N–H and O–H groups in total. The monoisotopic (exact) mass is 284 g/mol. The van der Waals surface area contributed by atoms with E-state index in [0.29, 0.717) is 5.69 Å². The highest BCUT2D eigenvalue weighted by Gasteiger charge is 2.07. The van der Waals surface area contributed by atoms with Crippen molar-refractivity contribution in [3.05, 3.63) is 28.2 Å². The number of nitrogens with two attached hydrogens (primary N) is 1. The number of aliphatic imine (C=N–C) groups is 1. The molecule has 0 unspecified atom stereocenters. The minimum absolute atomic E-state index is 0.0715. The Morgan fingerprint density at radius 3 is 2.75 bits per heavy atom. The first-order valence-corrected chi connectivity index (χ1v) is 5.39. The quantitative estimate of drug-likeness (QED) is 0.543. The molecular weight excluding hydrogens is 272 g/mol. The number of nitrogens with one attached hydrogen (secondary N) is 2. The summed E-state index contributed by atoms with van der Waals surface area (Å²) in [5.74, 6) is 0.0715. The largest absolute Gasteiger partial charge is 0.370 e. The van der Waals surface area contributed by atoms with Gasteiger partial charge in [-0.15, -0.1) is 0 Å². The Balaban J connectivity index is 2.77. The zero-order valence-corrected chi connectivity index (χ0v) is 10.6. The number of anilines is 1. The number of hydrogen-bond acceptors (Lipinski definition) is 2. The number of halogens is 1. The van der Waals surface area contributed by atoms with Crippen molar-refractivity contribution in [3.8, 4) is 0 Å². The zero-order chi connectivity index (χ0) is 12.1. The van der Waals surface area contributed by atoms with E-state index in [0.717, 1.165) is 10.0 Å². The molecule has 0 heterocycles. The average molecular weight is 285 g/mol. The lowest BCUT2D eigenvalue weighted by atomic mass is 10.2. The summed E-state index contributed by atoms with van der Waals surface area (Å²) in [6, 6.07) is 5.22. The third-order valence-corrected chi connectivity index (χ3v) is 2.60. The van der Waals surface area contributed by atoms with Gasteiger partial charge in [-0.25, -0.2) is 4.79 Å². The van der Waals surface area contributed by atoms with Crippen LogP contribution in [-0.2, 0) is 0 Å². The van der Waals surface area contributed by atoms with Crippen LogP contribution < -0.4 is 16.4 Å². The van der Waals surface area contributed by atoms with Crippen molar-refractivity contribution in [2.45, 2.75) is 6.92 Å². The Kier molecular flexibility index (Phi) is 4.30. The molecule has 0 saturated heterocycles. The minimum atomic E-state index is -0.418. The summed E-state index contributed by atoms with van der Waals surface area (Å²) in [4.78, 5) is 15.1. The molecule has 0 aliphatic heterocycles. The summed E-state index contributed by atoms with van der Waals surface area (Å²) >= 11 is 3.35. The molecule has 1 rings (SSSR count). The van der Waals surface area contributed by atoms with E-state index in [9.17, 15) is 4.79 Å². The number of nitrogens with zero attached hydrogens (tertiary/aromatic N) is 1. The van der Waals surface area contributed by atoms with Crippen molar-refractivity contribution >= 4 is 33.6 Å². The Bertz CT molecular complexity index is 411. The molecule has 0 aromatic heterocycles. The van der Waals surface area contributed by atoms with Crippen LogP contribution in [0.15, 0.2) is 27.7 Å². The first-order chi connectivity index (χ1) is 7.54. The van der Waals surface area contributed by atoms with Crippen molar-refractivity contribution in [1.29, 1.82) is 0 Å². The lowest BCUT2D eigenvalue weighted by Gasteiger charge is -2.10. The van der Waals surface area contributed by atoms with Gasteiger partial charge in [-0.05, 0) is 34.5 Å². The van der Waals surface area contributed by atoms with Gasteiger partial charge in [0.15, 0.2) is 5.96 Å². The molecule has 0 fully saturated rings. The van der Waals surface area contributed by atoms with Gasteiger partial charge in [0, 0.05) is 11.5 Å². The van der Waals surface area contributed by atoms with Crippen molar-refractivity contribution in [1.82, 2.24) is 5.32 Å². The average Bonchev–Trinajstić information content (AvgIpc) is 2.23. The zero-order valence-electron chi connectivity index (χ0n) is 9.04. The van der Waals surface area contributed by atoms with Crippen LogP contribution in [0.4, 0.5) is 10.5 Å². The van der Waals surface area contributed by atoms with Crippen molar-refractivity contribution < 1.29 is 4.79 Å². The third-order valence-electron chi connectivity index (χ3n) is 1.94. The third kappa shape index (κ3) is 3.23. The van der Waals surface area contributed by atoms with E-state index in [-0.39, 0.29) is 5.96 Å². The van der Waals surface area contributed by atoms with E-state index in [4.69, 9.17) is 5.73 Å². The number of carbonyl (C=O) groups is 1. The highest BCUT2D eigenvalue weighted by molar-refractivity contribution is 9.10. The lowest BCUT2D eigenvalue weighted by molar-refractivity contribution is 0.256. The lowest BCUT2D eigenvalue weighted by Crippen LogP contribution is -2.39. The normalized spacial score (nSPS) is 11.1. The maximum Gasteiger partial charge on any atom is 0.326 e. The summed E-state index contributed by atoms with van der Waals surface area (Å²) in [5.41, 5.74) is 7.04. The van der Waals surface area contributed by atoms with Crippen molar-refractivity contribution in [3.63, 3.8) is 0 Å². The predicted molar refractivity (Wildman–Crippen MR) is 68.6 cm³/mol. The fourth-order valence-electron chi connectivity index (χ4n) is 1.11. The second-order valence-corrected chi connectivity index (χ2v) is 3.97. The SMILES string of the molecule is CN=C(N)NC(=O)Nc1c(C)cccc1Br. The van der Waals surface area contributed by atoms with Crippen LogP contribution in [0.1, 0.15) is 5.56 Å². The molecule has 5 nitrogen and oxygen atoms in total. The predicted octanol–water partition coefficient (Wildman–Crippen LogP) is 1.82. The molecule has 0 aliphatic rings. The van der Waals surface area contributed by atoms with Crippen LogP contribution in [0.2, 0.25) is 0 Å². The van der Waals surface area contributed by atoms with Crippen LogP contribution in [-0.4, -0.2) is 19.0 Å². The molecule has 0 saturated carbocycles. The molecule has 1 aromatic rings. The second-order valence-electron chi connectivity index (χ2n) is 3.12. The van der Waals surface area contributed by atoms with Crippen molar-refractivity contribution in [2.24, 2.45) is 10.7 Å². The van der Waals surface area contributed by atoms with E-state index in [2.05, 4.69) is 31.6 Å². The molecule has 0 atom stereocenters. The van der Waals surface area contributed by atoms with E-state index >= 15 is 0 Å². The van der Waals surface area contributed by atoms with Gasteiger partial charge in [0.05, 0.1) is 5.69 Å². The number of rotatable bonds is 1. The van der Waals surface area contributed by atoms with Crippen LogP contribution >= 0.6 is 15.9 Å². The van der Waals surface area contributed by atoms with E-state index in [1.165, 1.54) is 7.05 Å². The van der Waals surface area contributed by atoms with E-state index < -0.39 is 6.03 Å². The van der Waals surface area contributed by atoms with Gasteiger partial charge in [0.1, 0.15) is 0 Å². The molecule has 0 radical (unpaired) electrons. The van der Waals surface area contributed by atoms with E-state index in [1.54, 1.807) is 0 Å². The van der Waals surface area contributed by atoms with Gasteiger partial charge in [0.2, 0.25) is 0 Å². The molecular formula is C10H13BrN4O. The summed E-state index contributed by atoms with van der Waals surface area (Å²) < 4.78 is 0.814. The Hall–Kier alpha value is -1.56. The van der Waals surface area contributed by atoms with Crippen LogP contribution in [0, 0.1) is 6.92 Å². The molecule has 1 aromatic carbocycles. The second kappa shape index (κ2) is 5.50. The Morgan fingerprint density at radius 2 is 2.19 bits per heavy atom. The number of amides is 2. The highest BCUT2D eigenvalue weighted by Crippen LogP contribution is 2.25. The number of guanidine groups is 1. The van der Waals surface area contributed by atoms with Crippen LogP contribution in [0.5, 0.6) is 0 Å². The molecule has 0 bridgehead atoms. The van der Waals surface area contributed by atoms with Gasteiger partial charge in [-0.2, -0.15) is 0 Å². The first kappa shape index (κ1) is 12.5. The molecule has 16 heavy (non-hydrogen) atoms. The number of aryl methyl sites for hydroxylation is 1. The minimum Gasteiger partial charge on any atom is -0.370 e. The number of para-hydroxylation sites is 1. The number of hydrogen-bond donors (Lipinski definition) is 3. The van der Waals surface area contributed by atoms with Crippen molar-refractivity contribution in [2.75, 3.05) is 12.4 Å². The smallest absolute Gasteiger partial charge is 0.326 e. The van der Waals surface area contributed by atoms with E-state index in [1.807, 2.05) is 25.1 Å². The fourth-order valence-corrected chi connectivity index (χ4v) is 1.67. The molecule has 0 aliphatic carbocycles. The Labute approximate surface area is 102 Å². The van der Waals surface area contributed by atoms with Gasteiger partial charge in [-0.3, -0.25) is 10.3 Å². The maximum atomic E-state index is 11.5. The summed E-state index contributed by atoms with van der Waals surface area (Å²) in [6.07, 6.45) is 0. The highest BCUT2D eigenvalue weighted by atomic mass is 79.9. The standard InChI is InChI=1S/C10H13BrN4O/c1-6-4-3-5-7(11)8(6)14-10(16)15-9(12)13-2/h3-5H,1-2H3,(H4,12,13,14,15,16). The van der Waals surface area contributed by atoms with Gasteiger partial charge in [-0.1, -0.05) is 12.1 Å². The topological polar surface area (TPSA) is 79.5 Å². The van der Waals surface area contributed by atoms with Gasteiger partial charge >= 0.3 is 6.03 Å². The summed E-state index contributed by atoms with van der Waals surface area (Å²) in [5, 5.41) is 5.08.